The molecule has 1 saturated heterocycles. The van der Waals surface area contributed by atoms with Crippen LogP contribution < -0.4 is 5.32 Å². The standard InChI is InChI=1S/C17H22N4O3S2/c1-3-26(23,24)21-10-4-5-13(11-21)16-19-20-17(25-16)15(22)18-14-8-6-12(2)7-9-14/h6-9,13H,3-5,10-11H2,1-2H3,(H,18,22). The molecule has 0 spiro atoms. The number of sulfonamides is 1. The number of hydrogen-bond donors (Lipinski definition) is 1. The Hall–Kier alpha value is -1.84. The van der Waals surface area contributed by atoms with E-state index in [1.54, 1.807) is 6.92 Å². The SMILES string of the molecule is CCS(=O)(=O)N1CCCC(c2nnc(C(=O)Nc3ccc(C)cc3)s2)C1. The van der Waals surface area contributed by atoms with Gasteiger partial charge in [0.1, 0.15) is 5.01 Å². The van der Waals surface area contributed by atoms with Gasteiger partial charge in [0.2, 0.25) is 15.0 Å². The van der Waals surface area contributed by atoms with Crippen molar-refractivity contribution in [3.63, 3.8) is 0 Å². The van der Waals surface area contributed by atoms with Gasteiger partial charge in [-0.15, -0.1) is 10.2 Å². The van der Waals surface area contributed by atoms with Gasteiger partial charge in [-0.3, -0.25) is 4.79 Å². The summed E-state index contributed by atoms with van der Waals surface area (Å²) in [6.45, 7) is 4.59. The summed E-state index contributed by atoms with van der Waals surface area (Å²) in [5, 5.41) is 12.0. The number of aryl methyl sites for hydroxylation is 1. The van der Waals surface area contributed by atoms with Gasteiger partial charge in [-0.1, -0.05) is 29.0 Å². The molecule has 3 rings (SSSR count). The Kier molecular flexibility index (Phi) is 5.69. The molecule has 0 radical (unpaired) electrons. The minimum absolute atomic E-state index is 0.0106. The zero-order valence-electron chi connectivity index (χ0n) is 14.8. The lowest BCUT2D eigenvalue weighted by Crippen LogP contribution is -2.39. The molecule has 2 aromatic rings. The van der Waals surface area contributed by atoms with Crippen LogP contribution in [0.3, 0.4) is 0 Å². The van der Waals surface area contributed by atoms with Gasteiger partial charge in [-0.2, -0.15) is 0 Å². The van der Waals surface area contributed by atoms with E-state index in [4.69, 9.17) is 0 Å². The molecule has 140 valence electrons. The molecule has 2 heterocycles. The molecule has 0 saturated carbocycles. The predicted octanol–water partition coefficient (Wildman–Crippen LogP) is 2.63. The molecule has 0 aliphatic carbocycles. The first kappa shape index (κ1) is 18.9. The molecule has 1 fully saturated rings. The smallest absolute Gasteiger partial charge is 0.286 e. The lowest BCUT2D eigenvalue weighted by Gasteiger charge is -2.30. The summed E-state index contributed by atoms with van der Waals surface area (Å²) in [4.78, 5) is 12.4. The summed E-state index contributed by atoms with van der Waals surface area (Å²) in [5.41, 5.74) is 1.82. The van der Waals surface area contributed by atoms with Crippen molar-refractivity contribution in [2.24, 2.45) is 0 Å². The number of nitrogens with zero attached hydrogens (tertiary/aromatic N) is 3. The van der Waals surface area contributed by atoms with Crippen molar-refractivity contribution in [3.8, 4) is 0 Å². The molecule has 1 N–H and O–H groups in total. The zero-order valence-corrected chi connectivity index (χ0v) is 16.4. The van der Waals surface area contributed by atoms with E-state index in [2.05, 4.69) is 15.5 Å². The third kappa shape index (κ3) is 4.28. The highest BCUT2D eigenvalue weighted by Crippen LogP contribution is 2.30. The first-order valence-corrected chi connectivity index (χ1v) is 11.0. The number of hydrogen-bond acceptors (Lipinski definition) is 6. The van der Waals surface area contributed by atoms with Crippen molar-refractivity contribution in [1.29, 1.82) is 0 Å². The summed E-state index contributed by atoms with van der Waals surface area (Å²) >= 11 is 1.23. The molecule has 1 atom stereocenters. The minimum atomic E-state index is -3.21. The van der Waals surface area contributed by atoms with Gasteiger partial charge in [0.25, 0.3) is 5.91 Å². The van der Waals surface area contributed by atoms with Crippen molar-refractivity contribution >= 4 is 33.0 Å². The second-order valence-corrected chi connectivity index (χ2v) is 9.63. The topological polar surface area (TPSA) is 92.3 Å². The highest BCUT2D eigenvalue weighted by molar-refractivity contribution is 7.89. The highest BCUT2D eigenvalue weighted by Gasteiger charge is 2.30. The summed E-state index contributed by atoms with van der Waals surface area (Å²) in [7, 11) is -3.21. The fraction of sp³-hybridized carbons (Fsp3) is 0.471. The van der Waals surface area contributed by atoms with Gasteiger partial charge in [-0.25, -0.2) is 12.7 Å². The van der Waals surface area contributed by atoms with E-state index in [-0.39, 0.29) is 22.6 Å². The highest BCUT2D eigenvalue weighted by atomic mass is 32.2. The number of nitrogens with one attached hydrogen (secondary N) is 1. The zero-order chi connectivity index (χ0) is 18.7. The fourth-order valence-electron chi connectivity index (χ4n) is 2.89. The molecule has 9 heteroatoms. The van der Waals surface area contributed by atoms with Gasteiger partial charge in [0, 0.05) is 24.7 Å². The fourth-order valence-corrected chi connectivity index (χ4v) is 4.94. The van der Waals surface area contributed by atoms with Gasteiger partial charge in [0.15, 0.2) is 0 Å². The van der Waals surface area contributed by atoms with Crippen LogP contribution in [0.1, 0.15) is 46.1 Å². The monoisotopic (exact) mass is 394 g/mol. The van der Waals surface area contributed by atoms with Crippen molar-refractivity contribution in [2.45, 2.75) is 32.6 Å². The van der Waals surface area contributed by atoms with Crippen LogP contribution in [0.15, 0.2) is 24.3 Å². The molecule has 26 heavy (non-hydrogen) atoms. The summed E-state index contributed by atoms with van der Waals surface area (Å²) < 4.78 is 25.7. The summed E-state index contributed by atoms with van der Waals surface area (Å²) in [6.07, 6.45) is 1.64. The maximum Gasteiger partial charge on any atom is 0.286 e. The average molecular weight is 395 g/mol. The van der Waals surface area contributed by atoms with Crippen molar-refractivity contribution in [2.75, 3.05) is 24.2 Å². The summed E-state index contributed by atoms with van der Waals surface area (Å²) in [5.74, 6) is -0.213. The third-order valence-corrected chi connectivity index (χ3v) is 7.37. The number of aromatic nitrogens is 2. The molecule has 1 aliphatic rings. The first-order valence-electron chi connectivity index (χ1n) is 8.58. The Labute approximate surface area is 157 Å². The molecular formula is C17H22N4O3S2. The third-order valence-electron chi connectivity index (χ3n) is 4.44. The summed E-state index contributed by atoms with van der Waals surface area (Å²) in [6, 6.07) is 7.52. The van der Waals surface area contributed by atoms with Gasteiger partial charge >= 0.3 is 0 Å². The second kappa shape index (κ2) is 7.81. The Bertz CT molecular complexity index is 878. The van der Waals surface area contributed by atoms with Crippen LogP contribution >= 0.6 is 11.3 Å². The Morgan fingerprint density at radius 2 is 2.04 bits per heavy atom. The van der Waals surface area contributed by atoms with Crippen molar-refractivity contribution in [3.05, 3.63) is 39.8 Å². The molecule has 1 aliphatic heterocycles. The van der Waals surface area contributed by atoms with Crippen LogP contribution in [0.5, 0.6) is 0 Å². The first-order chi connectivity index (χ1) is 12.4. The molecule has 1 aromatic carbocycles. The van der Waals surface area contributed by atoms with Gasteiger partial charge in [-0.05, 0) is 38.8 Å². The number of carbonyl (C=O) groups is 1. The number of piperidine rings is 1. The minimum Gasteiger partial charge on any atom is -0.320 e. The van der Waals surface area contributed by atoms with E-state index in [0.29, 0.717) is 18.8 Å². The molecule has 7 nitrogen and oxygen atoms in total. The van der Waals surface area contributed by atoms with E-state index in [1.807, 2.05) is 31.2 Å². The number of amides is 1. The second-order valence-electron chi connectivity index (χ2n) is 6.36. The van der Waals surface area contributed by atoms with Gasteiger partial charge < -0.3 is 5.32 Å². The van der Waals surface area contributed by atoms with Gasteiger partial charge in [0.05, 0.1) is 5.75 Å². The van der Waals surface area contributed by atoms with E-state index < -0.39 is 10.0 Å². The maximum absolute atomic E-state index is 12.4. The number of carbonyl (C=O) groups excluding carboxylic acids is 1. The Balaban J connectivity index is 1.69. The van der Waals surface area contributed by atoms with Crippen molar-refractivity contribution in [1.82, 2.24) is 14.5 Å². The van der Waals surface area contributed by atoms with Crippen LogP contribution in [0.4, 0.5) is 5.69 Å². The maximum atomic E-state index is 12.4. The van der Waals surface area contributed by atoms with E-state index in [1.165, 1.54) is 15.6 Å². The van der Waals surface area contributed by atoms with E-state index >= 15 is 0 Å². The van der Waals surface area contributed by atoms with E-state index in [0.717, 1.165) is 23.4 Å². The predicted molar refractivity (Wildman–Crippen MR) is 102 cm³/mol. The number of rotatable bonds is 5. The lowest BCUT2D eigenvalue weighted by molar-refractivity contribution is 0.102. The van der Waals surface area contributed by atoms with Crippen LogP contribution in [0.25, 0.3) is 0 Å². The van der Waals surface area contributed by atoms with Crippen LogP contribution in [0.2, 0.25) is 0 Å². The normalized spacial score (nSPS) is 18.6. The molecule has 0 bridgehead atoms. The van der Waals surface area contributed by atoms with Crippen molar-refractivity contribution < 1.29 is 13.2 Å². The van der Waals surface area contributed by atoms with Crippen LogP contribution in [-0.2, 0) is 10.0 Å². The van der Waals surface area contributed by atoms with Crippen LogP contribution in [-0.4, -0.2) is 47.7 Å². The lowest BCUT2D eigenvalue weighted by atomic mass is 10.0. The largest absolute Gasteiger partial charge is 0.320 e. The quantitative estimate of drug-likeness (QED) is 0.842. The average Bonchev–Trinajstić information content (AvgIpc) is 3.14. The Morgan fingerprint density at radius 3 is 2.73 bits per heavy atom. The molecule has 1 amide bonds. The Morgan fingerprint density at radius 1 is 1.31 bits per heavy atom. The van der Waals surface area contributed by atoms with E-state index in [9.17, 15) is 13.2 Å². The number of anilines is 1. The molecular weight excluding hydrogens is 372 g/mol. The number of benzene rings is 1. The van der Waals surface area contributed by atoms with Crippen LogP contribution in [0, 0.1) is 6.92 Å². The molecule has 1 aromatic heterocycles. The molecule has 1 unspecified atom stereocenters.